The number of amides is 2. The third-order valence-corrected chi connectivity index (χ3v) is 7.74. The van der Waals surface area contributed by atoms with Gasteiger partial charge in [-0.25, -0.2) is 8.42 Å². The van der Waals surface area contributed by atoms with Crippen LogP contribution in [0.4, 0.5) is 17.1 Å². The molecule has 188 valence electrons. The van der Waals surface area contributed by atoms with Crippen LogP contribution in [-0.4, -0.2) is 77.2 Å². The van der Waals surface area contributed by atoms with Crippen molar-refractivity contribution in [3.63, 3.8) is 0 Å². The minimum Gasteiger partial charge on any atom is -0.369 e. The molecule has 0 radical (unpaired) electrons. The molecule has 11 heteroatoms. The van der Waals surface area contributed by atoms with E-state index in [1.807, 2.05) is 24.3 Å². The number of hydrogen-bond donors (Lipinski definition) is 2. The molecule has 2 N–H and O–H groups in total. The van der Waals surface area contributed by atoms with Crippen LogP contribution in [0.2, 0.25) is 5.02 Å². The van der Waals surface area contributed by atoms with Gasteiger partial charge in [-0.15, -0.1) is 0 Å². The summed E-state index contributed by atoms with van der Waals surface area (Å²) in [7, 11) is -3.42. The second-order valence-electron chi connectivity index (χ2n) is 8.80. The molecular formula is C24H30ClN5O4S. The molecule has 0 spiro atoms. The van der Waals surface area contributed by atoms with E-state index in [-0.39, 0.29) is 0 Å². The summed E-state index contributed by atoms with van der Waals surface area (Å²) < 4.78 is 25.6. The number of halogens is 1. The van der Waals surface area contributed by atoms with E-state index in [1.165, 1.54) is 10.6 Å². The predicted octanol–water partition coefficient (Wildman–Crippen LogP) is 1.93. The lowest BCUT2D eigenvalue weighted by Crippen LogP contribution is -2.49. The monoisotopic (exact) mass is 519 g/mol. The van der Waals surface area contributed by atoms with E-state index >= 15 is 0 Å². The second-order valence-corrected chi connectivity index (χ2v) is 11.1. The number of aryl methyl sites for hydroxylation is 1. The summed E-state index contributed by atoms with van der Waals surface area (Å²) in [5.41, 5.74) is 2.98. The van der Waals surface area contributed by atoms with Crippen LogP contribution in [0, 0.1) is 0 Å². The molecule has 1 saturated heterocycles. The fraction of sp³-hybridized carbons (Fsp3) is 0.417. The van der Waals surface area contributed by atoms with Gasteiger partial charge in [0.1, 0.15) is 0 Å². The summed E-state index contributed by atoms with van der Waals surface area (Å²) in [6, 6.07) is 12.9. The molecule has 0 unspecified atom stereocenters. The van der Waals surface area contributed by atoms with E-state index in [4.69, 9.17) is 11.6 Å². The van der Waals surface area contributed by atoms with Crippen molar-refractivity contribution >= 4 is 50.5 Å². The number of rotatable bonds is 6. The van der Waals surface area contributed by atoms with Gasteiger partial charge in [-0.1, -0.05) is 17.7 Å². The first-order valence-electron chi connectivity index (χ1n) is 11.6. The molecule has 2 amide bonds. The number of carbonyl (C=O) groups is 2. The van der Waals surface area contributed by atoms with Gasteiger partial charge in [0, 0.05) is 62.2 Å². The Hall–Kier alpha value is -2.82. The van der Waals surface area contributed by atoms with Crippen molar-refractivity contribution < 1.29 is 18.0 Å². The summed E-state index contributed by atoms with van der Waals surface area (Å²) in [6.07, 6.45) is 2.67. The van der Waals surface area contributed by atoms with Gasteiger partial charge in [-0.05, 0) is 54.8 Å². The van der Waals surface area contributed by atoms with E-state index < -0.39 is 21.8 Å². The van der Waals surface area contributed by atoms with E-state index in [0.29, 0.717) is 31.0 Å². The molecule has 0 atom stereocenters. The van der Waals surface area contributed by atoms with Crippen LogP contribution < -0.4 is 19.8 Å². The van der Waals surface area contributed by atoms with Crippen molar-refractivity contribution in [3.8, 4) is 0 Å². The van der Waals surface area contributed by atoms with Crippen molar-refractivity contribution in [2.75, 3.05) is 66.6 Å². The van der Waals surface area contributed by atoms with Gasteiger partial charge in [-0.2, -0.15) is 0 Å². The number of hydrogen-bond acceptors (Lipinski definition) is 6. The summed E-state index contributed by atoms with van der Waals surface area (Å²) in [6.45, 7) is 4.87. The molecule has 4 rings (SSSR count). The van der Waals surface area contributed by atoms with Crippen LogP contribution in [0.15, 0.2) is 42.5 Å². The molecule has 2 aromatic rings. The number of fused-ring (bicyclic) bond motifs is 1. The van der Waals surface area contributed by atoms with Gasteiger partial charge in [0.05, 0.1) is 11.9 Å². The fourth-order valence-corrected chi connectivity index (χ4v) is 5.55. The van der Waals surface area contributed by atoms with Crippen LogP contribution in [0.1, 0.15) is 12.0 Å². The first kappa shape index (κ1) is 25.3. The maximum atomic E-state index is 12.4. The number of sulfonamides is 1. The van der Waals surface area contributed by atoms with Crippen LogP contribution in [0.5, 0.6) is 0 Å². The molecule has 9 nitrogen and oxygen atoms in total. The van der Waals surface area contributed by atoms with Gasteiger partial charge in [0.15, 0.2) is 0 Å². The standard InChI is InChI=1S/C24H30ClN5O4S/c1-35(33,34)30-11-2-3-18-4-7-20(17-22(18)30)27-24(32)23(31)26-10-12-28-13-15-29(16-14-28)21-8-5-19(25)6-9-21/h4-9,17H,2-3,10-16H2,1H3,(H,26,31)(H,27,32). The van der Waals surface area contributed by atoms with Crippen LogP contribution in [0.25, 0.3) is 0 Å². The Labute approximate surface area is 211 Å². The van der Waals surface area contributed by atoms with Gasteiger partial charge < -0.3 is 15.5 Å². The first-order chi connectivity index (χ1) is 16.7. The topological polar surface area (TPSA) is 102 Å². The van der Waals surface area contributed by atoms with Crippen molar-refractivity contribution in [1.82, 2.24) is 10.2 Å². The Kier molecular flexibility index (Phi) is 7.83. The third-order valence-electron chi connectivity index (χ3n) is 6.30. The molecule has 2 aromatic carbocycles. The minimum absolute atomic E-state index is 0.360. The van der Waals surface area contributed by atoms with E-state index in [9.17, 15) is 18.0 Å². The lowest BCUT2D eigenvalue weighted by atomic mass is 10.0. The zero-order chi connectivity index (χ0) is 25.0. The van der Waals surface area contributed by atoms with Crippen molar-refractivity contribution in [2.24, 2.45) is 0 Å². The smallest absolute Gasteiger partial charge is 0.313 e. The highest BCUT2D eigenvalue weighted by molar-refractivity contribution is 7.92. The fourth-order valence-electron chi connectivity index (χ4n) is 4.44. The predicted molar refractivity (Wildman–Crippen MR) is 139 cm³/mol. The first-order valence-corrected chi connectivity index (χ1v) is 13.9. The summed E-state index contributed by atoms with van der Waals surface area (Å²) >= 11 is 5.96. The SMILES string of the molecule is CS(=O)(=O)N1CCCc2ccc(NC(=O)C(=O)NCCN3CCN(c4ccc(Cl)cc4)CC3)cc21. The molecule has 0 bridgehead atoms. The molecule has 0 aromatic heterocycles. The van der Waals surface area contributed by atoms with Crippen LogP contribution in [0.3, 0.4) is 0 Å². The Bertz CT molecular complexity index is 1180. The second kappa shape index (κ2) is 10.8. The van der Waals surface area contributed by atoms with Crippen LogP contribution >= 0.6 is 11.6 Å². The summed E-state index contributed by atoms with van der Waals surface area (Å²) in [5, 5.41) is 5.96. The molecule has 0 aliphatic carbocycles. The Balaban J connectivity index is 1.23. The Morgan fingerprint density at radius 3 is 2.37 bits per heavy atom. The molecule has 0 saturated carbocycles. The molecular weight excluding hydrogens is 490 g/mol. The van der Waals surface area contributed by atoms with Crippen LogP contribution in [-0.2, 0) is 26.0 Å². The van der Waals surface area contributed by atoms with Gasteiger partial charge in [0.25, 0.3) is 0 Å². The average molecular weight is 520 g/mol. The highest BCUT2D eigenvalue weighted by Gasteiger charge is 2.25. The normalized spacial score (nSPS) is 16.5. The molecule has 2 aliphatic heterocycles. The zero-order valence-electron chi connectivity index (χ0n) is 19.7. The number of anilines is 3. The third kappa shape index (κ3) is 6.45. The average Bonchev–Trinajstić information content (AvgIpc) is 2.84. The Morgan fingerprint density at radius 2 is 1.69 bits per heavy atom. The highest BCUT2D eigenvalue weighted by atomic mass is 35.5. The van der Waals surface area contributed by atoms with Gasteiger partial charge >= 0.3 is 11.8 Å². The molecule has 2 heterocycles. The maximum Gasteiger partial charge on any atom is 0.313 e. The van der Waals surface area contributed by atoms with Crippen molar-refractivity contribution in [2.45, 2.75) is 12.8 Å². The van der Waals surface area contributed by atoms with E-state index in [1.54, 1.807) is 18.2 Å². The molecule has 2 aliphatic rings. The number of nitrogens with one attached hydrogen (secondary N) is 2. The highest BCUT2D eigenvalue weighted by Crippen LogP contribution is 2.31. The van der Waals surface area contributed by atoms with Crippen molar-refractivity contribution in [1.29, 1.82) is 0 Å². The van der Waals surface area contributed by atoms with Gasteiger partial charge in [0.2, 0.25) is 10.0 Å². The van der Waals surface area contributed by atoms with E-state index in [0.717, 1.165) is 55.3 Å². The lowest BCUT2D eigenvalue weighted by Gasteiger charge is -2.36. The molecule has 35 heavy (non-hydrogen) atoms. The number of carbonyl (C=O) groups excluding carboxylic acids is 2. The number of piperazine rings is 1. The quantitative estimate of drug-likeness (QED) is 0.565. The Morgan fingerprint density at radius 1 is 0.971 bits per heavy atom. The number of nitrogens with zero attached hydrogens (tertiary/aromatic N) is 3. The lowest BCUT2D eigenvalue weighted by molar-refractivity contribution is -0.136. The largest absolute Gasteiger partial charge is 0.369 e. The van der Waals surface area contributed by atoms with Crippen molar-refractivity contribution in [3.05, 3.63) is 53.1 Å². The summed E-state index contributed by atoms with van der Waals surface area (Å²) in [4.78, 5) is 29.2. The van der Waals surface area contributed by atoms with Gasteiger partial charge in [-0.3, -0.25) is 18.8 Å². The number of benzene rings is 2. The molecule has 1 fully saturated rings. The van der Waals surface area contributed by atoms with E-state index in [2.05, 4.69) is 20.4 Å². The minimum atomic E-state index is -3.42. The summed E-state index contributed by atoms with van der Waals surface area (Å²) in [5.74, 6) is -1.50. The zero-order valence-corrected chi connectivity index (χ0v) is 21.2. The maximum absolute atomic E-state index is 12.4.